The molecule has 10 heteroatoms. The molecular formula is C28H32ClN3O5S. The molecule has 0 saturated carbocycles. The van der Waals surface area contributed by atoms with Crippen molar-refractivity contribution in [3.8, 4) is 5.75 Å². The number of ether oxygens (including phenoxy) is 1. The molecule has 0 unspecified atom stereocenters. The third kappa shape index (κ3) is 6.46. The standard InChI is InChI=1S/C28H32ClN3O5S/c1-19-10-13-24(14-11-19)38(35,36)32(23-12-15-26(37-5)25(29)16-23)18-27(33)31(21(3)28(34)30-4)17-22-9-7-6-8-20(22)2/h6-16,21H,17-18H2,1-5H3,(H,30,34)/t21-/m1/s1. The van der Waals surface area contributed by atoms with Crippen molar-refractivity contribution >= 4 is 39.1 Å². The number of nitrogens with zero attached hydrogens (tertiary/aromatic N) is 2. The fourth-order valence-corrected chi connectivity index (χ4v) is 5.60. The Labute approximate surface area is 229 Å². The van der Waals surface area contributed by atoms with E-state index in [-0.39, 0.29) is 28.1 Å². The highest BCUT2D eigenvalue weighted by atomic mass is 35.5. The van der Waals surface area contributed by atoms with Crippen molar-refractivity contribution in [2.24, 2.45) is 0 Å². The van der Waals surface area contributed by atoms with E-state index in [4.69, 9.17) is 16.3 Å². The van der Waals surface area contributed by atoms with Gasteiger partial charge in [-0.3, -0.25) is 13.9 Å². The molecule has 0 spiro atoms. The highest BCUT2D eigenvalue weighted by Gasteiger charge is 2.32. The average molecular weight is 558 g/mol. The molecule has 38 heavy (non-hydrogen) atoms. The number of carbonyl (C=O) groups excluding carboxylic acids is 2. The normalized spacial score (nSPS) is 11.9. The van der Waals surface area contributed by atoms with Crippen LogP contribution in [0, 0.1) is 13.8 Å². The maximum absolute atomic E-state index is 13.8. The summed E-state index contributed by atoms with van der Waals surface area (Å²) in [6, 6.07) is 17.5. The van der Waals surface area contributed by atoms with Gasteiger partial charge in [0.25, 0.3) is 10.0 Å². The summed E-state index contributed by atoms with van der Waals surface area (Å²) in [5.41, 5.74) is 2.87. The Morgan fingerprint density at radius 1 is 1.03 bits per heavy atom. The number of methoxy groups -OCH3 is 1. The zero-order valence-electron chi connectivity index (χ0n) is 22.1. The molecule has 1 N–H and O–H groups in total. The van der Waals surface area contributed by atoms with E-state index in [1.54, 1.807) is 19.1 Å². The first-order valence-corrected chi connectivity index (χ1v) is 13.8. The maximum Gasteiger partial charge on any atom is 0.264 e. The molecule has 1 atom stereocenters. The van der Waals surface area contributed by atoms with Crippen molar-refractivity contribution in [2.45, 2.75) is 38.3 Å². The van der Waals surface area contributed by atoms with Gasteiger partial charge in [-0.15, -0.1) is 0 Å². The van der Waals surface area contributed by atoms with Crippen molar-refractivity contribution < 1.29 is 22.7 Å². The van der Waals surface area contributed by atoms with Gasteiger partial charge in [-0.05, 0) is 62.2 Å². The second kappa shape index (κ2) is 12.3. The van der Waals surface area contributed by atoms with Crippen molar-refractivity contribution in [2.75, 3.05) is 25.0 Å². The van der Waals surface area contributed by atoms with Crippen LogP contribution in [-0.2, 0) is 26.2 Å². The lowest BCUT2D eigenvalue weighted by Gasteiger charge is -2.32. The van der Waals surface area contributed by atoms with Gasteiger partial charge in [0, 0.05) is 13.6 Å². The molecule has 0 aliphatic heterocycles. The van der Waals surface area contributed by atoms with Crippen LogP contribution in [0.3, 0.4) is 0 Å². The molecule has 0 saturated heterocycles. The summed E-state index contributed by atoms with van der Waals surface area (Å²) in [7, 11) is -1.24. The lowest BCUT2D eigenvalue weighted by Crippen LogP contribution is -2.50. The number of amides is 2. The third-order valence-corrected chi connectivity index (χ3v) is 8.41. The van der Waals surface area contributed by atoms with Crippen LogP contribution in [-0.4, -0.2) is 51.9 Å². The molecule has 0 radical (unpaired) electrons. The van der Waals surface area contributed by atoms with Crippen LogP contribution in [0.25, 0.3) is 0 Å². The summed E-state index contributed by atoms with van der Waals surface area (Å²) >= 11 is 6.33. The molecule has 2 amide bonds. The number of likely N-dealkylation sites (N-methyl/N-ethyl adjacent to an activating group) is 1. The smallest absolute Gasteiger partial charge is 0.264 e. The van der Waals surface area contributed by atoms with Crippen LogP contribution in [0.1, 0.15) is 23.6 Å². The van der Waals surface area contributed by atoms with Gasteiger partial charge < -0.3 is 15.0 Å². The first-order valence-electron chi connectivity index (χ1n) is 12.0. The lowest BCUT2D eigenvalue weighted by atomic mass is 10.1. The van der Waals surface area contributed by atoms with Gasteiger partial charge in [0.05, 0.1) is 22.7 Å². The molecule has 0 aliphatic carbocycles. The number of carbonyl (C=O) groups is 2. The molecule has 3 rings (SSSR count). The highest BCUT2D eigenvalue weighted by Crippen LogP contribution is 2.32. The van der Waals surface area contributed by atoms with E-state index in [0.717, 1.165) is 21.0 Å². The van der Waals surface area contributed by atoms with E-state index < -0.39 is 28.5 Å². The minimum absolute atomic E-state index is 0.0210. The fraction of sp³-hybridized carbons (Fsp3) is 0.286. The quantitative estimate of drug-likeness (QED) is 0.400. The van der Waals surface area contributed by atoms with Gasteiger partial charge in [0.2, 0.25) is 11.8 Å². The number of sulfonamides is 1. The highest BCUT2D eigenvalue weighted by molar-refractivity contribution is 7.92. The number of halogens is 1. The number of nitrogens with one attached hydrogen (secondary N) is 1. The van der Waals surface area contributed by atoms with Crippen LogP contribution in [0.5, 0.6) is 5.75 Å². The van der Waals surface area contributed by atoms with Gasteiger partial charge in [0.1, 0.15) is 18.3 Å². The van der Waals surface area contributed by atoms with E-state index in [0.29, 0.717) is 5.75 Å². The summed E-state index contributed by atoms with van der Waals surface area (Å²) in [6.45, 7) is 4.95. The Kier molecular flexibility index (Phi) is 9.40. The van der Waals surface area contributed by atoms with E-state index in [1.807, 2.05) is 38.1 Å². The molecule has 0 heterocycles. The van der Waals surface area contributed by atoms with Crippen LogP contribution in [0.15, 0.2) is 71.6 Å². The fourth-order valence-electron chi connectivity index (χ4n) is 3.94. The van der Waals surface area contributed by atoms with Gasteiger partial charge >= 0.3 is 0 Å². The van der Waals surface area contributed by atoms with Gasteiger partial charge in [-0.25, -0.2) is 8.42 Å². The molecule has 8 nitrogen and oxygen atoms in total. The summed E-state index contributed by atoms with van der Waals surface area (Å²) in [5.74, 6) is -0.553. The lowest BCUT2D eigenvalue weighted by molar-refractivity contribution is -0.139. The van der Waals surface area contributed by atoms with Gasteiger partial charge in [0.15, 0.2) is 0 Å². The Morgan fingerprint density at radius 3 is 2.26 bits per heavy atom. The van der Waals surface area contributed by atoms with E-state index in [1.165, 1.54) is 49.4 Å². The second-order valence-electron chi connectivity index (χ2n) is 8.88. The number of benzene rings is 3. The minimum Gasteiger partial charge on any atom is -0.495 e. The van der Waals surface area contributed by atoms with Gasteiger partial charge in [-0.1, -0.05) is 53.6 Å². The van der Waals surface area contributed by atoms with Crippen LogP contribution in [0.4, 0.5) is 5.69 Å². The molecule has 0 aromatic heterocycles. The maximum atomic E-state index is 13.8. The topological polar surface area (TPSA) is 96.0 Å². The largest absolute Gasteiger partial charge is 0.495 e. The van der Waals surface area contributed by atoms with E-state index in [9.17, 15) is 18.0 Å². The number of hydrogen-bond donors (Lipinski definition) is 1. The molecule has 0 fully saturated rings. The summed E-state index contributed by atoms with van der Waals surface area (Å²) in [5, 5.41) is 2.76. The Morgan fingerprint density at radius 2 is 1.68 bits per heavy atom. The predicted octanol–water partition coefficient (Wildman–Crippen LogP) is 4.32. The summed E-state index contributed by atoms with van der Waals surface area (Å²) in [6.07, 6.45) is 0. The third-order valence-electron chi connectivity index (χ3n) is 6.33. The van der Waals surface area contributed by atoms with Gasteiger partial charge in [-0.2, -0.15) is 0 Å². The van der Waals surface area contributed by atoms with Crippen molar-refractivity contribution in [1.82, 2.24) is 10.2 Å². The second-order valence-corrected chi connectivity index (χ2v) is 11.2. The number of hydrogen-bond acceptors (Lipinski definition) is 5. The predicted molar refractivity (Wildman–Crippen MR) is 149 cm³/mol. The summed E-state index contributed by atoms with van der Waals surface area (Å²) in [4.78, 5) is 27.8. The SMILES string of the molecule is CNC(=O)[C@@H](C)N(Cc1ccccc1C)C(=O)CN(c1ccc(OC)c(Cl)c1)S(=O)(=O)c1ccc(C)cc1. The molecule has 202 valence electrons. The first-order chi connectivity index (χ1) is 18.0. The molecule has 3 aromatic rings. The van der Waals surface area contributed by atoms with Crippen molar-refractivity contribution in [1.29, 1.82) is 0 Å². The Balaban J connectivity index is 2.08. The zero-order valence-corrected chi connectivity index (χ0v) is 23.6. The molecular weight excluding hydrogens is 526 g/mol. The van der Waals surface area contributed by atoms with Crippen molar-refractivity contribution in [3.05, 3.63) is 88.4 Å². The van der Waals surface area contributed by atoms with Crippen LogP contribution >= 0.6 is 11.6 Å². The molecule has 0 aliphatic rings. The number of aryl methyl sites for hydroxylation is 2. The number of rotatable bonds is 10. The summed E-state index contributed by atoms with van der Waals surface area (Å²) < 4.78 is 33.9. The monoisotopic (exact) mass is 557 g/mol. The Bertz CT molecular complexity index is 1410. The van der Waals surface area contributed by atoms with Crippen LogP contribution < -0.4 is 14.4 Å². The minimum atomic E-state index is -4.18. The average Bonchev–Trinajstić information content (AvgIpc) is 2.90. The van der Waals surface area contributed by atoms with E-state index >= 15 is 0 Å². The first kappa shape index (κ1) is 29.0. The Hall–Kier alpha value is -3.56. The van der Waals surface area contributed by atoms with E-state index in [2.05, 4.69) is 5.32 Å². The molecule has 3 aromatic carbocycles. The molecule has 0 bridgehead atoms. The zero-order chi connectivity index (χ0) is 28.0. The van der Waals surface area contributed by atoms with Crippen LogP contribution in [0.2, 0.25) is 5.02 Å². The van der Waals surface area contributed by atoms with Crippen molar-refractivity contribution in [3.63, 3.8) is 0 Å². The number of anilines is 1.